The van der Waals surface area contributed by atoms with E-state index in [1.54, 1.807) is 18.2 Å². The van der Waals surface area contributed by atoms with Crippen molar-refractivity contribution >= 4 is 11.9 Å². The van der Waals surface area contributed by atoms with Gasteiger partial charge < -0.3 is 9.84 Å². The Labute approximate surface area is 99.5 Å². The third-order valence-electron chi connectivity index (χ3n) is 2.02. The Morgan fingerprint density at radius 3 is 2.53 bits per heavy atom. The van der Waals surface area contributed by atoms with Gasteiger partial charge in [-0.25, -0.2) is 4.79 Å². The van der Waals surface area contributed by atoms with Gasteiger partial charge in [0.1, 0.15) is 11.3 Å². The average molecular weight is 234 g/mol. The van der Waals surface area contributed by atoms with Crippen molar-refractivity contribution in [3.8, 4) is 5.75 Å². The second kappa shape index (κ2) is 5.84. The summed E-state index contributed by atoms with van der Waals surface area (Å²) in [5.74, 6) is -1.51. The molecule has 17 heavy (non-hydrogen) atoms. The maximum Gasteiger partial charge on any atom is 0.339 e. The molecule has 0 aromatic heterocycles. The Morgan fingerprint density at radius 2 is 1.94 bits per heavy atom. The minimum absolute atomic E-state index is 0.0157. The number of esters is 1. The SMILES string of the molecule is CC(C)=CCC(=O)Oc1ccccc1C(=O)O. The van der Waals surface area contributed by atoms with Crippen LogP contribution in [-0.4, -0.2) is 17.0 Å². The van der Waals surface area contributed by atoms with Gasteiger partial charge in [0.25, 0.3) is 0 Å². The molecule has 1 rings (SSSR count). The Bertz CT molecular complexity index is 456. The summed E-state index contributed by atoms with van der Waals surface area (Å²) >= 11 is 0. The second-order valence-corrected chi connectivity index (χ2v) is 3.76. The first-order valence-corrected chi connectivity index (χ1v) is 5.17. The molecular formula is C13H14O4. The van der Waals surface area contributed by atoms with Crippen molar-refractivity contribution in [1.82, 2.24) is 0 Å². The topological polar surface area (TPSA) is 63.6 Å². The first-order chi connectivity index (χ1) is 8.00. The molecule has 0 aliphatic heterocycles. The third kappa shape index (κ3) is 4.10. The minimum Gasteiger partial charge on any atom is -0.478 e. The zero-order valence-corrected chi connectivity index (χ0v) is 9.77. The van der Waals surface area contributed by atoms with Gasteiger partial charge in [-0.1, -0.05) is 23.8 Å². The third-order valence-corrected chi connectivity index (χ3v) is 2.02. The van der Waals surface area contributed by atoms with E-state index < -0.39 is 11.9 Å². The first kappa shape index (κ1) is 13.0. The Morgan fingerprint density at radius 1 is 1.29 bits per heavy atom. The predicted octanol–water partition coefficient (Wildman–Crippen LogP) is 2.65. The van der Waals surface area contributed by atoms with Gasteiger partial charge in [0.15, 0.2) is 0 Å². The number of aromatic carboxylic acids is 1. The molecule has 0 amide bonds. The first-order valence-electron chi connectivity index (χ1n) is 5.17. The molecular weight excluding hydrogens is 220 g/mol. The van der Waals surface area contributed by atoms with Crippen molar-refractivity contribution in [1.29, 1.82) is 0 Å². The van der Waals surface area contributed by atoms with Gasteiger partial charge in [-0.05, 0) is 26.0 Å². The van der Waals surface area contributed by atoms with Crippen LogP contribution in [0.5, 0.6) is 5.75 Å². The van der Waals surface area contributed by atoms with Crippen LogP contribution >= 0.6 is 0 Å². The van der Waals surface area contributed by atoms with E-state index in [-0.39, 0.29) is 17.7 Å². The molecule has 1 aromatic carbocycles. The largest absolute Gasteiger partial charge is 0.478 e. The van der Waals surface area contributed by atoms with Crippen LogP contribution in [0.3, 0.4) is 0 Å². The summed E-state index contributed by atoms with van der Waals surface area (Å²) in [5.41, 5.74) is 0.992. The highest BCUT2D eigenvalue weighted by Gasteiger charge is 2.12. The summed E-state index contributed by atoms with van der Waals surface area (Å²) in [6.45, 7) is 3.75. The molecule has 1 N–H and O–H groups in total. The van der Waals surface area contributed by atoms with E-state index >= 15 is 0 Å². The number of ether oxygens (including phenoxy) is 1. The lowest BCUT2D eigenvalue weighted by Gasteiger charge is -2.05. The van der Waals surface area contributed by atoms with Crippen molar-refractivity contribution in [2.24, 2.45) is 0 Å². The number of carboxylic acid groups (broad SMARTS) is 1. The Kier molecular flexibility index (Phi) is 4.46. The van der Waals surface area contributed by atoms with Gasteiger partial charge in [0.05, 0.1) is 6.42 Å². The smallest absolute Gasteiger partial charge is 0.339 e. The summed E-state index contributed by atoms with van der Waals surface area (Å²) in [4.78, 5) is 22.3. The Hall–Kier alpha value is -2.10. The number of hydrogen-bond donors (Lipinski definition) is 1. The molecule has 0 fully saturated rings. The molecule has 0 saturated carbocycles. The van der Waals surface area contributed by atoms with Crippen LogP contribution < -0.4 is 4.74 Å². The summed E-state index contributed by atoms with van der Waals surface area (Å²) in [7, 11) is 0. The quantitative estimate of drug-likeness (QED) is 0.494. The van der Waals surface area contributed by atoms with Crippen LogP contribution in [0.1, 0.15) is 30.6 Å². The van der Waals surface area contributed by atoms with Gasteiger partial charge in [-0.15, -0.1) is 0 Å². The van der Waals surface area contributed by atoms with Gasteiger partial charge in [-0.3, -0.25) is 4.79 Å². The molecule has 90 valence electrons. The summed E-state index contributed by atoms with van der Waals surface area (Å²) in [5, 5.41) is 8.89. The van der Waals surface area contributed by atoms with Crippen molar-refractivity contribution in [2.75, 3.05) is 0 Å². The lowest BCUT2D eigenvalue weighted by molar-refractivity contribution is -0.133. The Balaban J connectivity index is 2.78. The highest BCUT2D eigenvalue weighted by atomic mass is 16.5. The molecule has 0 aliphatic rings. The fraction of sp³-hybridized carbons (Fsp3) is 0.231. The molecule has 0 aliphatic carbocycles. The van der Waals surface area contributed by atoms with E-state index in [9.17, 15) is 9.59 Å². The molecule has 0 spiro atoms. The number of carboxylic acids is 1. The maximum absolute atomic E-state index is 11.4. The molecule has 0 radical (unpaired) electrons. The number of rotatable bonds is 4. The van der Waals surface area contributed by atoms with Gasteiger partial charge in [-0.2, -0.15) is 0 Å². The van der Waals surface area contributed by atoms with Crippen LogP contribution in [0.15, 0.2) is 35.9 Å². The van der Waals surface area contributed by atoms with Crippen molar-refractivity contribution in [2.45, 2.75) is 20.3 Å². The highest BCUT2D eigenvalue weighted by molar-refractivity contribution is 5.92. The van der Waals surface area contributed by atoms with Crippen molar-refractivity contribution in [3.63, 3.8) is 0 Å². The number of hydrogen-bond acceptors (Lipinski definition) is 3. The summed E-state index contributed by atoms with van der Waals surface area (Å²) in [6.07, 6.45) is 1.86. The van der Waals surface area contributed by atoms with Crippen LogP contribution in [-0.2, 0) is 4.79 Å². The van der Waals surface area contributed by atoms with E-state index in [2.05, 4.69) is 0 Å². The lowest BCUT2D eigenvalue weighted by atomic mass is 10.2. The van der Waals surface area contributed by atoms with Gasteiger partial charge in [0.2, 0.25) is 0 Å². The zero-order chi connectivity index (χ0) is 12.8. The number of carbonyl (C=O) groups is 2. The van der Waals surface area contributed by atoms with E-state index in [1.807, 2.05) is 13.8 Å². The van der Waals surface area contributed by atoms with Crippen molar-refractivity contribution in [3.05, 3.63) is 41.5 Å². The van der Waals surface area contributed by atoms with E-state index in [0.717, 1.165) is 5.57 Å². The van der Waals surface area contributed by atoms with E-state index in [1.165, 1.54) is 12.1 Å². The summed E-state index contributed by atoms with van der Waals surface area (Å²) in [6, 6.07) is 6.06. The average Bonchev–Trinajstić information content (AvgIpc) is 2.27. The number of carbonyl (C=O) groups excluding carboxylic acids is 1. The number of benzene rings is 1. The van der Waals surface area contributed by atoms with Crippen LogP contribution in [0.25, 0.3) is 0 Å². The second-order valence-electron chi connectivity index (χ2n) is 3.76. The van der Waals surface area contributed by atoms with Gasteiger partial charge >= 0.3 is 11.9 Å². The monoisotopic (exact) mass is 234 g/mol. The molecule has 0 bridgehead atoms. The highest BCUT2D eigenvalue weighted by Crippen LogP contribution is 2.18. The normalized spacial score (nSPS) is 9.53. The fourth-order valence-electron chi connectivity index (χ4n) is 1.18. The molecule has 4 nitrogen and oxygen atoms in total. The fourth-order valence-corrected chi connectivity index (χ4v) is 1.18. The number of allylic oxidation sites excluding steroid dienone is 1. The predicted molar refractivity (Wildman–Crippen MR) is 63.1 cm³/mol. The molecule has 0 heterocycles. The minimum atomic E-state index is -1.12. The van der Waals surface area contributed by atoms with Crippen LogP contribution in [0.4, 0.5) is 0 Å². The van der Waals surface area contributed by atoms with Crippen LogP contribution in [0.2, 0.25) is 0 Å². The molecule has 0 saturated heterocycles. The number of para-hydroxylation sites is 1. The maximum atomic E-state index is 11.4. The molecule has 1 aromatic rings. The standard InChI is InChI=1S/C13H14O4/c1-9(2)7-8-12(14)17-11-6-4-3-5-10(11)13(15)16/h3-7H,8H2,1-2H3,(H,15,16). The van der Waals surface area contributed by atoms with Crippen LogP contribution in [0, 0.1) is 0 Å². The van der Waals surface area contributed by atoms with E-state index in [0.29, 0.717) is 0 Å². The zero-order valence-electron chi connectivity index (χ0n) is 9.77. The van der Waals surface area contributed by atoms with E-state index in [4.69, 9.17) is 9.84 Å². The van der Waals surface area contributed by atoms with Gasteiger partial charge in [0, 0.05) is 0 Å². The molecule has 4 heteroatoms. The molecule has 0 unspecified atom stereocenters. The lowest BCUT2D eigenvalue weighted by Crippen LogP contribution is -2.10. The summed E-state index contributed by atoms with van der Waals surface area (Å²) < 4.78 is 4.99. The molecule has 0 atom stereocenters. The van der Waals surface area contributed by atoms with Crippen molar-refractivity contribution < 1.29 is 19.4 Å².